The van der Waals surface area contributed by atoms with Crippen molar-refractivity contribution in [2.24, 2.45) is 5.92 Å². The van der Waals surface area contributed by atoms with Gasteiger partial charge in [-0.05, 0) is 31.6 Å². The van der Waals surface area contributed by atoms with E-state index in [9.17, 15) is 43.9 Å². The summed E-state index contributed by atoms with van der Waals surface area (Å²) in [5, 5.41) is 35.8. The van der Waals surface area contributed by atoms with Gasteiger partial charge in [-0.15, -0.1) is 6.58 Å². The zero-order valence-corrected chi connectivity index (χ0v) is 32.3. The number of aliphatic hydroxyl groups excluding tert-OH is 3. The molecule has 0 aliphatic rings. The van der Waals surface area contributed by atoms with E-state index in [0.717, 1.165) is 6.42 Å². The summed E-state index contributed by atoms with van der Waals surface area (Å²) >= 11 is 1.47. The molecule has 0 aromatic carbocycles. The summed E-state index contributed by atoms with van der Waals surface area (Å²) in [6.45, 7) is 9.61. The molecule has 0 fully saturated rings. The fourth-order valence-corrected chi connectivity index (χ4v) is 7.84. The zero-order valence-electron chi connectivity index (χ0n) is 29.7. The molecule has 50 heavy (non-hydrogen) atoms. The van der Waals surface area contributed by atoms with Gasteiger partial charge in [0.15, 0.2) is 0 Å². The second-order valence-corrected chi connectivity index (χ2v) is 18.3. The smallest absolute Gasteiger partial charge is 0.366 e. The SMILES string of the molecule is C=CCOCC(COCCC(C)C)OCC(CO)OCC(COCCSCCC(=O)CCCCC(O)(P(C)(=O)O)P(=O)(O)O)OCC(O)CO. The molecule has 0 saturated carbocycles. The number of ketones is 1. The van der Waals surface area contributed by atoms with Gasteiger partial charge in [-0.1, -0.05) is 19.9 Å². The minimum absolute atomic E-state index is 0.0105. The van der Waals surface area contributed by atoms with Gasteiger partial charge >= 0.3 is 7.60 Å². The van der Waals surface area contributed by atoms with Gasteiger partial charge in [0.25, 0.3) is 0 Å². The number of aliphatic hydroxyl groups is 4. The predicted octanol–water partition coefficient (Wildman–Crippen LogP) is 1.75. The Labute approximate surface area is 300 Å². The zero-order chi connectivity index (χ0) is 38.1. The second-order valence-electron chi connectivity index (χ2n) is 12.3. The van der Waals surface area contributed by atoms with Crippen molar-refractivity contribution in [3.05, 3.63) is 12.7 Å². The number of rotatable bonds is 35. The molecule has 0 aliphatic carbocycles. The van der Waals surface area contributed by atoms with E-state index in [1.807, 2.05) is 0 Å². The molecule has 0 rings (SSSR count). The molecule has 298 valence electrons. The highest BCUT2D eigenvalue weighted by Crippen LogP contribution is 2.69. The van der Waals surface area contributed by atoms with Gasteiger partial charge < -0.3 is 63.5 Å². The molecule has 6 atom stereocenters. The van der Waals surface area contributed by atoms with Gasteiger partial charge in [-0.2, -0.15) is 11.8 Å². The van der Waals surface area contributed by atoms with E-state index in [-0.39, 0.29) is 77.2 Å². The fraction of sp³-hybridized carbons (Fsp3) is 0.903. The van der Waals surface area contributed by atoms with Crippen molar-refractivity contribution < 1.29 is 77.5 Å². The van der Waals surface area contributed by atoms with E-state index >= 15 is 0 Å². The number of unbranched alkanes of at least 4 members (excludes halogenated alkanes) is 1. The largest absolute Gasteiger partial charge is 0.394 e. The van der Waals surface area contributed by atoms with Crippen LogP contribution < -0.4 is 0 Å². The summed E-state index contributed by atoms with van der Waals surface area (Å²) in [6.07, 6.45) is -0.312. The van der Waals surface area contributed by atoms with E-state index < -0.39 is 51.4 Å². The summed E-state index contributed by atoms with van der Waals surface area (Å²) in [4.78, 5) is 40.5. The summed E-state index contributed by atoms with van der Waals surface area (Å²) in [5.41, 5.74) is 0. The fourth-order valence-electron chi connectivity index (χ4n) is 4.07. The van der Waals surface area contributed by atoms with Gasteiger partial charge in [0.05, 0.1) is 66.1 Å². The number of ether oxygens (including phenoxy) is 6. The summed E-state index contributed by atoms with van der Waals surface area (Å²) in [5.74, 6) is 1.47. The number of hydrogen-bond acceptors (Lipinski definition) is 14. The first kappa shape index (κ1) is 49.7. The van der Waals surface area contributed by atoms with Crippen LogP contribution in [0, 0.1) is 5.92 Å². The third-order valence-corrected chi connectivity index (χ3v) is 12.8. The van der Waals surface area contributed by atoms with Gasteiger partial charge in [0.2, 0.25) is 12.5 Å². The second kappa shape index (κ2) is 28.2. The van der Waals surface area contributed by atoms with E-state index in [4.69, 9.17) is 33.5 Å². The van der Waals surface area contributed by atoms with Gasteiger partial charge in [0, 0.05) is 37.6 Å². The molecular formula is C31H62O16P2S. The van der Waals surface area contributed by atoms with Crippen LogP contribution >= 0.6 is 26.7 Å². The molecule has 16 nitrogen and oxygen atoms in total. The van der Waals surface area contributed by atoms with E-state index in [2.05, 4.69) is 20.4 Å². The molecule has 7 N–H and O–H groups in total. The van der Waals surface area contributed by atoms with E-state index in [1.54, 1.807) is 6.08 Å². The number of hydrogen-bond donors (Lipinski definition) is 7. The number of carbonyl (C=O) groups excluding carboxylic acids is 1. The Morgan fingerprint density at radius 1 is 0.820 bits per heavy atom. The lowest BCUT2D eigenvalue weighted by Gasteiger charge is -2.30. The number of thioether (sulfide) groups is 1. The molecule has 0 bridgehead atoms. The van der Waals surface area contributed by atoms with Crippen molar-refractivity contribution in [3.63, 3.8) is 0 Å². The first-order valence-corrected chi connectivity index (χ1v) is 21.6. The first-order valence-electron chi connectivity index (χ1n) is 16.8. The Hall–Kier alpha value is -0.300. The van der Waals surface area contributed by atoms with Crippen LogP contribution in [-0.4, -0.2) is 161 Å². The summed E-state index contributed by atoms with van der Waals surface area (Å²) < 4.78 is 57.8. The minimum atomic E-state index is -5.27. The molecule has 19 heteroatoms. The van der Waals surface area contributed by atoms with Crippen LogP contribution in [0.2, 0.25) is 0 Å². The monoisotopic (exact) mass is 784 g/mol. The highest BCUT2D eigenvalue weighted by Gasteiger charge is 2.56. The van der Waals surface area contributed by atoms with Crippen LogP contribution in [0.15, 0.2) is 12.7 Å². The highest BCUT2D eigenvalue weighted by atomic mass is 32.2. The molecule has 0 amide bonds. The van der Waals surface area contributed by atoms with Gasteiger partial charge in [-0.3, -0.25) is 13.9 Å². The van der Waals surface area contributed by atoms with E-state index in [1.165, 1.54) is 11.8 Å². The van der Waals surface area contributed by atoms with E-state index in [0.29, 0.717) is 50.5 Å². The molecule has 6 unspecified atom stereocenters. The molecule has 0 radical (unpaired) electrons. The van der Waals surface area contributed by atoms with Crippen LogP contribution in [0.3, 0.4) is 0 Å². The van der Waals surface area contributed by atoms with Gasteiger partial charge in [-0.25, -0.2) is 0 Å². The maximum atomic E-state index is 12.2. The lowest BCUT2D eigenvalue weighted by atomic mass is 10.1. The maximum absolute atomic E-state index is 12.2. The normalized spacial score (nSPS) is 17.2. The van der Waals surface area contributed by atoms with Crippen LogP contribution in [0.5, 0.6) is 0 Å². The molecule has 0 aliphatic heterocycles. The Morgan fingerprint density at radius 2 is 1.40 bits per heavy atom. The van der Waals surface area contributed by atoms with Crippen molar-refractivity contribution in [1.29, 1.82) is 0 Å². The lowest BCUT2D eigenvalue weighted by molar-refractivity contribution is -0.131. The summed E-state index contributed by atoms with van der Waals surface area (Å²) in [6, 6.07) is 0. The van der Waals surface area contributed by atoms with Crippen molar-refractivity contribution in [2.75, 3.05) is 90.8 Å². The van der Waals surface area contributed by atoms with Crippen LogP contribution in [0.1, 0.15) is 52.4 Å². The third-order valence-electron chi connectivity index (χ3n) is 7.21. The van der Waals surface area contributed by atoms with Crippen LogP contribution in [0.25, 0.3) is 0 Å². The average Bonchev–Trinajstić information content (AvgIpc) is 3.04. The molecular weight excluding hydrogens is 722 g/mol. The van der Waals surface area contributed by atoms with Crippen molar-refractivity contribution in [1.82, 2.24) is 0 Å². The molecule has 0 saturated heterocycles. The van der Waals surface area contributed by atoms with Crippen molar-refractivity contribution in [3.8, 4) is 0 Å². The number of carbonyl (C=O) groups is 1. The van der Waals surface area contributed by atoms with Crippen LogP contribution in [0.4, 0.5) is 0 Å². The summed E-state index contributed by atoms with van der Waals surface area (Å²) in [7, 11) is -9.78. The average molecular weight is 785 g/mol. The van der Waals surface area contributed by atoms with Crippen molar-refractivity contribution in [2.45, 2.75) is 81.9 Å². The Bertz CT molecular complexity index is 956. The Morgan fingerprint density at radius 3 is 1.98 bits per heavy atom. The first-order chi connectivity index (χ1) is 23.5. The van der Waals surface area contributed by atoms with Crippen LogP contribution in [-0.2, 0) is 42.3 Å². The van der Waals surface area contributed by atoms with Crippen molar-refractivity contribution >= 4 is 32.5 Å². The number of Topliss-reactive ketones (excluding diaryl/α,β-unsaturated/α-hetero) is 1. The molecule has 0 aromatic heterocycles. The lowest BCUT2D eigenvalue weighted by Crippen LogP contribution is -2.36. The molecule has 0 spiro atoms. The standard InChI is InChI=1S/C31H62O16P2S/c1-5-12-42-20-29(21-43-13-9-25(2)3)47-23-28(18-33)46-24-30(45-19-27(35)17-32)22-44-14-16-50-15-10-26(34)8-6-7-11-31(36,48(4,37)38)49(39,40)41/h5,25,27-30,32-33,35-36H,1,6-24H2,2-4H3,(H,37,38)(H2,39,40,41). The quantitative estimate of drug-likeness (QED) is 0.0275. The Kier molecular flexibility index (Phi) is 28.0. The predicted molar refractivity (Wildman–Crippen MR) is 190 cm³/mol. The van der Waals surface area contributed by atoms with Gasteiger partial charge in [0.1, 0.15) is 30.2 Å². The highest BCUT2D eigenvalue weighted by molar-refractivity contribution is 7.99. The molecule has 0 aromatic rings. The maximum Gasteiger partial charge on any atom is 0.366 e. The minimum Gasteiger partial charge on any atom is -0.394 e. The topological polar surface area (TPSA) is 248 Å². The Balaban J connectivity index is 4.59. The molecule has 0 heterocycles. The third kappa shape index (κ3) is 23.4.